The van der Waals surface area contributed by atoms with Crippen LogP contribution < -0.4 is 4.90 Å². The van der Waals surface area contributed by atoms with Gasteiger partial charge in [0, 0.05) is 17.0 Å². The van der Waals surface area contributed by atoms with Gasteiger partial charge in [-0.1, -0.05) is 6.58 Å². The molecule has 1 aromatic rings. The largest absolute Gasteiger partial charge is 0.342 e. The monoisotopic (exact) mass is 252 g/mol. The lowest BCUT2D eigenvalue weighted by atomic mass is 10.0. The molecule has 2 aliphatic heterocycles. The van der Waals surface area contributed by atoms with Gasteiger partial charge < -0.3 is 4.90 Å². The molecule has 2 unspecified atom stereocenters. The van der Waals surface area contributed by atoms with Gasteiger partial charge >= 0.3 is 0 Å². The number of rotatable bonds is 2. The zero-order chi connectivity index (χ0) is 12.0. The molecule has 2 aliphatic rings. The van der Waals surface area contributed by atoms with Gasteiger partial charge in [-0.2, -0.15) is 0 Å². The van der Waals surface area contributed by atoms with Crippen LogP contribution in [-0.4, -0.2) is 17.1 Å². The summed E-state index contributed by atoms with van der Waals surface area (Å²) in [5.41, 5.74) is 0.454. The van der Waals surface area contributed by atoms with Crippen LogP contribution >= 0.6 is 11.3 Å². The Balaban J connectivity index is 1.94. The van der Waals surface area contributed by atoms with Crippen molar-refractivity contribution in [2.45, 2.75) is 51.1 Å². The van der Waals surface area contributed by atoms with Crippen molar-refractivity contribution in [3.8, 4) is 0 Å². The molecular weight excluding hydrogens is 235 g/mol. The number of anilines is 1. The van der Waals surface area contributed by atoms with Crippen LogP contribution in [0.25, 0.3) is 5.83 Å². The maximum atomic E-state index is 13.2. The molecule has 0 aliphatic carbocycles. The predicted molar refractivity (Wildman–Crippen MR) is 70.1 cm³/mol. The van der Waals surface area contributed by atoms with E-state index >= 15 is 0 Å². The third kappa shape index (κ3) is 1.79. The predicted octanol–water partition coefficient (Wildman–Crippen LogP) is 3.91. The summed E-state index contributed by atoms with van der Waals surface area (Å²) in [5.74, 6) is -0.408. The second-order valence-electron chi connectivity index (χ2n) is 5.03. The summed E-state index contributed by atoms with van der Waals surface area (Å²) in [6.07, 6.45) is 6.41. The molecule has 4 heteroatoms. The van der Waals surface area contributed by atoms with Crippen LogP contribution in [0.15, 0.2) is 6.58 Å². The Kier molecular flexibility index (Phi) is 2.69. The summed E-state index contributed by atoms with van der Waals surface area (Å²) >= 11 is 1.61. The highest BCUT2D eigenvalue weighted by atomic mass is 32.1. The van der Waals surface area contributed by atoms with Gasteiger partial charge in [0.25, 0.3) is 0 Å². The fourth-order valence-corrected chi connectivity index (χ4v) is 4.24. The van der Waals surface area contributed by atoms with Crippen LogP contribution in [0.3, 0.4) is 0 Å². The Morgan fingerprint density at radius 3 is 2.53 bits per heavy atom. The third-order valence-corrected chi connectivity index (χ3v) is 4.94. The minimum absolute atomic E-state index is 0.408. The Morgan fingerprint density at radius 1 is 1.35 bits per heavy atom. The number of aromatic nitrogens is 1. The van der Waals surface area contributed by atoms with Crippen LogP contribution in [-0.2, 0) is 0 Å². The van der Waals surface area contributed by atoms with E-state index < -0.39 is 5.83 Å². The van der Waals surface area contributed by atoms with Crippen molar-refractivity contribution in [1.29, 1.82) is 0 Å². The van der Waals surface area contributed by atoms with Crippen LogP contribution in [0, 0.1) is 6.92 Å². The van der Waals surface area contributed by atoms with Crippen LogP contribution in [0.2, 0.25) is 0 Å². The molecule has 2 fully saturated rings. The van der Waals surface area contributed by atoms with E-state index in [-0.39, 0.29) is 0 Å². The molecule has 0 radical (unpaired) electrons. The summed E-state index contributed by atoms with van der Waals surface area (Å²) in [5, 5.41) is 1.00. The van der Waals surface area contributed by atoms with Crippen molar-refractivity contribution in [2.24, 2.45) is 0 Å². The van der Waals surface area contributed by atoms with Crippen molar-refractivity contribution < 1.29 is 4.39 Å². The lowest BCUT2D eigenvalue weighted by Crippen LogP contribution is -2.39. The molecule has 92 valence electrons. The van der Waals surface area contributed by atoms with Gasteiger partial charge in [0.1, 0.15) is 11.5 Å². The standard InChI is InChI=1S/C13H17FN2S/c1-8(14)12-9(2)17-13(15-12)16-10-4-3-5-11(16)7-6-10/h10-11H,1,3-7H2,2H3. The Bertz CT molecular complexity index is 438. The molecule has 0 saturated carbocycles. The minimum atomic E-state index is -0.408. The van der Waals surface area contributed by atoms with Gasteiger partial charge in [0.15, 0.2) is 5.13 Å². The van der Waals surface area contributed by atoms with E-state index in [1.807, 2.05) is 6.92 Å². The number of thiazole rings is 1. The molecule has 0 amide bonds. The minimum Gasteiger partial charge on any atom is -0.342 e. The zero-order valence-corrected chi connectivity index (χ0v) is 10.9. The van der Waals surface area contributed by atoms with Crippen molar-refractivity contribution in [2.75, 3.05) is 4.90 Å². The first-order valence-corrected chi connectivity index (χ1v) is 7.09. The van der Waals surface area contributed by atoms with Gasteiger partial charge in [0.2, 0.25) is 0 Å². The summed E-state index contributed by atoms with van der Waals surface area (Å²) in [7, 11) is 0. The highest BCUT2D eigenvalue weighted by Crippen LogP contribution is 2.41. The van der Waals surface area contributed by atoms with Gasteiger partial charge in [-0.05, 0) is 39.0 Å². The van der Waals surface area contributed by atoms with Crippen molar-refractivity contribution in [3.05, 3.63) is 17.2 Å². The summed E-state index contributed by atoms with van der Waals surface area (Å²) in [6.45, 7) is 5.28. The SMILES string of the molecule is C=C(F)c1nc(N2C3CCCC2CC3)sc1C. The smallest absolute Gasteiger partial charge is 0.186 e. The van der Waals surface area contributed by atoms with Crippen molar-refractivity contribution >= 4 is 22.3 Å². The molecule has 2 atom stereocenters. The highest BCUT2D eigenvalue weighted by molar-refractivity contribution is 7.15. The number of hydrogen-bond acceptors (Lipinski definition) is 3. The fraction of sp³-hybridized carbons (Fsp3) is 0.615. The quantitative estimate of drug-likeness (QED) is 0.793. The molecule has 0 spiro atoms. The van der Waals surface area contributed by atoms with E-state index in [2.05, 4.69) is 16.5 Å². The molecule has 17 heavy (non-hydrogen) atoms. The van der Waals surface area contributed by atoms with E-state index in [1.165, 1.54) is 32.1 Å². The molecule has 3 rings (SSSR count). The molecule has 3 heterocycles. The highest BCUT2D eigenvalue weighted by Gasteiger charge is 2.38. The molecule has 2 bridgehead atoms. The maximum Gasteiger partial charge on any atom is 0.186 e. The van der Waals surface area contributed by atoms with Crippen molar-refractivity contribution in [1.82, 2.24) is 4.98 Å². The Hall–Kier alpha value is -0.900. The first-order valence-electron chi connectivity index (χ1n) is 6.27. The summed E-state index contributed by atoms with van der Waals surface area (Å²) < 4.78 is 13.2. The second-order valence-corrected chi connectivity index (χ2v) is 6.21. The molecule has 2 nitrogen and oxygen atoms in total. The zero-order valence-electron chi connectivity index (χ0n) is 10.1. The number of fused-ring (bicyclic) bond motifs is 2. The topological polar surface area (TPSA) is 16.1 Å². The molecular formula is C13H17FN2S. The fourth-order valence-electron chi connectivity index (χ4n) is 3.17. The van der Waals surface area contributed by atoms with Crippen LogP contribution in [0.1, 0.15) is 42.7 Å². The molecule has 1 aromatic heterocycles. The second kappa shape index (κ2) is 4.09. The lowest BCUT2D eigenvalue weighted by Gasteiger charge is -2.34. The van der Waals surface area contributed by atoms with E-state index in [9.17, 15) is 4.39 Å². The molecule has 2 saturated heterocycles. The molecule has 0 N–H and O–H groups in total. The van der Waals surface area contributed by atoms with Gasteiger partial charge in [0.05, 0.1) is 0 Å². The average molecular weight is 252 g/mol. The Morgan fingerprint density at radius 2 is 2.00 bits per heavy atom. The van der Waals surface area contributed by atoms with E-state index in [0.29, 0.717) is 17.8 Å². The number of nitrogens with zero attached hydrogens (tertiary/aromatic N) is 2. The van der Waals surface area contributed by atoms with Crippen LogP contribution in [0.5, 0.6) is 0 Å². The lowest BCUT2D eigenvalue weighted by molar-refractivity contribution is 0.467. The third-order valence-electron chi connectivity index (χ3n) is 3.96. The van der Waals surface area contributed by atoms with E-state index in [0.717, 1.165) is 10.0 Å². The van der Waals surface area contributed by atoms with E-state index in [1.54, 1.807) is 11.3 Å². The Labute approximate surface area is 105 Å². The van der Waals surface area contributed by atoms with Gasteiger partial charge in [-0.25, -0.2) is 9.37 Å². The van der Waals surface area contributed by atoms with E-state index in [4.69, 9.17) is 0 Å². The summed E-state index contributed by atoms with van der Waals surface area (Å²) in [6, 6.07) is 1.28. The number of aryl methyl sites for hydroxylation is 1. The first-order chi connectivity index (χ1) is 8.16. The first kappa shape index (κ1) is 11.2. The van der Waals surface area contributed by atoms with Gasteiger partial charge in [-0.15, -0.1) is 11.3 Å². The van der Waals surface area contributed by atoms with Gasteiger partial charge in [-0.3, -0.25) is 0 Å². The molecule has 0 aromatic carbocycles. The van der Waals surface area contributed by atoms with Crippen molar-refractivity contribution in [3.63, 3.8) is 0 Å². The normalized spacial score (nSPS) is 27.5. The number of piperidine rings is 1. The van der Waals surface area contributed by atoms with Crippen LogP contribution in [0.4, 0.5) is 9.52 Å². The summed E-state index contributed by atoms with van der Waals surface area (Å²) in [4.78, 5) is 7.82. The average Bonchev–Trinajstić information content (AvgIpc) is 2.77. The number of hydrogen-bond donors (Lipinski definition) is 0. The maximum absolute atomic E-state index is 13.2. The number of halogens is 1.